The van der Waals surface area contributed by atoms with Crippen molar-refractivity contribution < 1.29 is 9.00 Å². The zero-order valence-corrected chi connectivity index (χ0v) is 9.82. The smallest absolute Gasteiger partial charge is 0.164 e. The molecule has 0 saturated heterocycles. The maximum absolute atomic E-state index is 11.9. The summed E-state index contributed by atoms with van der Waals surface area (Å²) in [6.07, 6.45) is 1.26. The minimum atomic E-state index is -0.994. The Morgan fingerprint density at radius 1 is 1.27 bits per heavy atom. The third-order valence-corrected chi connectivity index (χ3v) is 4.34. The Morgan fingerprint density at radius 3 is 2.73 bits per heavy atom. The van der Waals surface area contributed by atoms with E-state index in [0.29, 0.717) is 17.7 Å². The number of hydrogen-bond acceptors (Lipinski definition) is 2. The highest BCUT2D eigenvalue weighted by molar-refractivity contribution is 7.85. The van der Waals surface area contributed by atoms with Gasteiger partial charge < -0.3 is 0 Å². The van der Waals surface area contributed by atoms with Crippen molar-refractivity contribution in [1.82, 2.24) is 0 Å². The molecule has 15 heavy (non-hydrogen) atoms. The molecule has 3 heteroatoms. The maximum atomic E-state index is 11.9. The van der Waals surface area contributed by atoms with Crippen LogP contribution in [0.1, 0.15) is 34.3 Å². The molecule has 2 nitrogen and oxygen atoms in total. The van der Waals surface area contributed by atoms with Crippen molar-refractivity contribution in [3.05, 3.63) is 28.8 Å². The third-order valence-electron chi connectivity index (χ3n) is 2.68. The molecule has 0 aliphatic carbocycles. The molecule has 0 bridgehead atoms. The normalized spacial score (nSPS) is 20.9. The van der Waals surface area contributed by atoms with Gasteiger partial charge in [0.2, 0.25) is 0 Å². The third kappa shape index (κ3) is 1.88. The van der Waals surface area contributed by atoms with Gasteiger partial charge in [0.1, 0.15) is 0 Å². The SMILES string of the molecule is Cc1cc(C)c2c(c1)C(=O)CCCS2=O. The first-order valence-corrected chi connectivity index (χ1v) is 6.44. The molecule has 1 unspecified atom stereocenters. The van der Waals surface area contributed by atoms with E-state index in [9.17, 15) is 9.00 Å². The lowest BCUT2D eigenvalue weighted by molar-refractivity contribution is 0.0980. The standard InChI is InChI=1S/C12H14O2S/c1-8-6-9(2)12-10(7-8)11(13)4-3-5-15(12)14/h6-7H,3-5H2,1-2H3. The number of hydrogen-bond donors (Lipinski definition) is 0. The van der Waals surface area contributed by atoms with E-state index in [1.54, 1.807) is 0 Å². The summed E-state index contributed by atoms with van der Waals surface area (Å²) in [5.74, 6) is 0.755. The molecule has 0 amide bonds. The Balaban J connectivity index is 2.69. The molecule has 80 valence electrons. The molecule has 0 aromatic heterocycles. The molecule has 1 aliphatic heterocycles. The summed E-state index contributed by atoms with van der Waals surface area (Å²) in [4.78, 5) is 12.6. The Morgan fingerprint density at radius 2 is 2.00 bits per heavy atom. The summed E-state index contributed by atoms with van der Waals surface area (Å²) in [5, 5.41) is 0. The number of carbonyl (C=O) groups excluding carboxylic acids is 1. The molecule has 0 saturated carbocycles. The Labute approximate surface area is 92.2 Å². The van der Waals surface area contributed by atoms with Gasteiger partial charge in [0.15, 0.2) is 5.78 Å². The Kier molecular flexibility index (Phi) is 2.74. The van der Waals surface area contributed by atoms with E-state index in [1.165, 1.54) is 0 Å². The van der Waals surface area contributed by atoms with Crippen LogP contribution >= 0.6 is 0 Å². The van der Waals surface area contributed by atoms with Crippen molar-refractivity contribution in [3.63, 3.8) is 0 Å². The van der Waals surface area contributed by atoms with Gasteiger partial charge in [-0.05, 0) is 31.9 Å². The predicted molar refractivity (Wildman–Crippen MR) is 60.8 cm³/mol. The molecule has 0 fully saturated rings. The van der Waals surface area contributed by atoms with Gasteiger partial charge in [-0.2, -0.15) is 0 Å². The van der Waals surface area contributed by atoms with Gasteiger partial charge in [0.05, 0.1) is 15.7 Å². The van der Waals surface area contributed by atoms with Crippen molar-refractivity contribution in [3.8, 4) is 0 Å². The van der Waals surface area contributed by atoms with E-state index >= 15 is 0 Å². The van der Waals surface area contributed by atoms with Crippen molar-refractivity contribution in [1.29, 1.82) is 0 Å². The lowest BCUT2D eigenvalue weighted by atomic mass is 10.0. The summed E-state index contributed by atoms with van der Waals surface area (Å²) >= 11 is 0. The first-order valence-electron chi connectivity index (χ1n) is 5.12. The number of carbonyl (C=O) groups is 1. The van der Waals surface area contributed by atoms with Crippen LogP contribution in [0, 0.1) is 13.8 Å². The second kappa shape index (κ2) is 3.89. The van der Waals surface area contributed by atoms with Gasteiger partial charge in [-0.1, -0.05) is 11.6 Å². The molecule has 1 aromatic carbocycles. The Bertz CT molecular complexity index is 449. The number of fused-ring (bicyclic) bond motifs is 1. The number of rotatable bonds is 0. The van der Waals surface area contributed by atoms with Gasteiger partial charge in [-0.15, -0.1) is 0 Å². The summed E-state index contributed by atoms with van der Waals surface area (Å²) in [5.41, 5.74) is 2.74. The van der Waals surface area contributed by atoms with Crippen LogP contribution in [0.3, 0.4) is 0 Å². The molecule has 0 spiro atoms. The van der Waals surface area contributed by atoms with Crippen molar-refractivity contribution in [2.45, 2.75) is 31.6 Å². The van der Waals surface area contributed by atoms with E-state index in [0.717, 1.165) is 22.4 Å². The van der Waals surface area contributed by atoms with Crippen LogP contribution in [0.4, 0.5) is 0 Å². The summed E-state index contributed by atoms with van der Waals surface area (Å²) in [6, 6.07) is 3.86. The molecule has 1 atom stereocenters. The number of Topliss-reactive ketones (excluding diaryl/α,β-unsaturated/α-hetero) is 1. The van der Waals surface area contributed by atoms with Gasteiger partial charge in [-0.25, -0.2) is 0 Å². The first-order chi connectivity index (χ1) is 7.09. The van der Waals surface area contributed by atoms with E-state index in [2.05, 4.69) is 0 Å². The van der Waals surface area contributed by atoms with E-state index in [4.69, 9.17) is 0 Å². The number of aryl methyl sites for hydroxylation is 2. The number of benzene rings is 1. The zero-order valence-electron chi connectivity index (χ0n) is 9.00. The maximum Gasteiger partial charge on any atom is 0.164 e. The average Bonchev–Trinajstić information content (AvgIpc) is 2.27. The fourth-order valence-corrected chi connectivity index (χ4v) is 3.51. The van der Waals surface area contributed by atoms with Crippen molar-refractivity contribution >= 4 is 16.6 Å². The summed E-state index contributed by atoms with van der Waals surface area (Å²) < 4.78 is 11.9. The minimum Gasteiger partial charge on any atom is -0.294 e. The molecular weight excluding hydrogens is 208 g/mol. The van der Waals surface area contributed by atoms with Gasteiger partial charge >= 0.3 is 0 Å². The number of ketones is 1. The predicted octanol–water partition coefficient (Wildman–Crippen LogP) is 2.39. The van der Waals surface area contributed by atoms with Crippen LogP contribution in [0.5, 0.6) is 0 Å². The van der Waals surface area contributed by atoms with Gasteiger partial charge in [0.25, 0.3) is 0 Å². The quantitative estimate of drug-likeness (QED) is 0.675. The molecular formula is C12H14O2S. The molecule has 2 rings (SSSR count). The van der Waals surface area contributed by atoms with Crippen LogP contribution < -0.4 is 0 Å². The van der Waals surface area contributed by atoms with Crippen LogP contribution in [-0.4, -0.2) is 15.7 Å². The highest BCUT2D eigenvalue weighted by Crippen LogP contribution is 2.26. The van der Waals surface area contributed by atoms with Gasteiger partial charge in [-0.3, -0.25) is 9.00 Å². The van der Waals surface area contributed by atoms with Crippen molar-refractivity contribution in [2.24, 2.45) is 0 Å². The fourth-order valence-electron chi connectivity index (χ4n) is 2.06. The minimum absolute atomic E-state index is 0.141. The zero-order chi connectivity index (χ0) is 11.0. The fraction of sp³-hybridized carbons (Fsp3) is 0.417. The largest absolute Gasteiger partial charge is 0.294 e. The average molecular weight is 222 g/mol. The van der Waals surface area contributed by atoms with Crippen LogP contribution in [0.2, 0.25) is 0 Å². The molecule has 0 radical (unpaired) electrons. The van der Waals surface area contributed by atoms with Gasteiger partial charge in [0, 0.05) is 17.7 Å². The van der Waals surface area contributed by atoms with E-state index < -0.39 is 10.8 Å². The monoisotopic (exact) mass is 222 g/mol. The lowest BCUT2D eigenvalue weighted by Crippen LogP contribution is -2.04. The van der Waals surface area contributed by atoms with Crippen LogP contribution in [0.15, 0.2) is 17.0 Å². The molecule has 0 N–H and O–H groups in total. The summed E-state index contributed by atoms with van der Waals surface area (Å²) in [7, 11) is -0.994. The second-order valence-corrected chi connectivity index (χ2v) is 5.54. The van der Waals surface area contributed by atoms with Crippen LogP contribution in [0.25, 0.3) is 0 Å². The van der Waals surface area contributed by atoms with Crippen LogP contribution in [-0.2, 0) is 10.8 Å². The van der Waals surface area contributed by atoms with Crippen molar-refractivity contribution in [2.75, 3.05) is 5.75 Å². The summed E-state index contributed by atoms with van der Waals surface area (Å²) in [6.45, 7) is 3.90. The molecule has 1 heterocycles. The Hall–Kier alpha value is -0.960. The highest BCUT2D eigenvalue weighted by atomic mass is 32.2. The highest BCUT2D eigenvalue weighted by Gasteiger charge is 2.22. The second-order valence-electron chi connectivity index (χ2n) is 4.03. The molecule has 1 aromatic rings. The topological polar surface area (TPSA) is 34.1 Å². The van der Waals surface area contributed by atoms with E-state index in [1.807, 2.05) is 26.0 Å². The first kappa shape index (κ1) is 10.6. The molecule has 1 aliphatic rings. The lowest BCUT2D eigenvalue weighted by Gasteiger charge is -2.09. The van der Waals surface area contributed by atoms with E-state index in [-0.39, 0.29) is 5.78 Å².